The van der Waals surface area contributed by atoms with Crippen molar-refractivity contribution >= 4 is 12.1 Å². The summed E-state index contributed by atoms with van der Waals surface area (Å²) in [5, 5.41) is 12.1. The molecule has 31 heavy (non-hydrogen) atoms. The van der Waals surface area contributed by atoms with Gasteiger partial charge in [0.25, 0.3) is 0 Å². The Hall–Kier alpha value is -3.80. The van der Waals surface area contributed by atoms with Gasteiger partial charge in [-0.15, -0.1) is 0 Å². The second kappa shape index (κ2) is 7.80. The monoisotopic (exact) mass is 415 g/mol. The van der Waals surface area contributed by atoms with Gasteiger partial charge in [-0.05, 0) is 40.3 Å². The summed E-state index contributed by atoms with van der Waals surface area (Å²) in [6.45, 7) is 0.439. The summed E-state index contributed by atoms with van der Waals surface area (Å²) in [7, 11) is 0. The molecule has 0 radical (unpaired) electrons. The van der Waals surface area contributed by atoms with Crippen molar-refractivity contribution in [1.82, 2.24) is 5.32 Å². The third-order valence-electron chi connectivity index (χ3n) is 5.89. The lowest BCUT2D eigenvalue weighted by Crippen LogP contribution is -2.43. The normalized spacial score (nSPS) is 16.5. The van der Waals surface area contributed by atoms with Gasteiger partial charge < -0.3 is 19.9 Å². The zero-order valence-electron chi connectivity index (χ0n) is 16.7. The molecular formula is C25H21NO5. The van der Waals surface area contributed by atoms with E-state index in [9.17, 15) is 14.7 Å². The molecule has 0 saturated heterocycles. The zero-order chi connectivity index (χ0) is 21.4. The number of amides is 1. The van der Waals surface area contributed by atoms with Crippen molar-refractivity contribution in [3.05, 3.63) is 89.0 Å². The number of carboxylic acids is 1. The minimum absolute atomic E-state index is 0.000364. The number of hydrogen-bond donors (Lipinski definition) is 2. The van der Waals surface area contributed by atoms with Crippen molar-refractivity contribution in [3.63, 3.8) is 0 Å². The van der Waals surface area contributed by atoms with Crippen LogP contribution in [0.4, 0.5) is 4.79 Å². The van der Waals surface area contributed by atoms with Crippen LogP contribution in [0, 0.1) is 0 Å². The van der Waals surface area contributed by atoms with Crippen LogP contribution in [0.1, 0.15) is 33.0 Å². The van der Waals surface area contributed by atoms with Gasteiger partial charge in [-0.3, -0.25) is 0 Å². The van der Waals surface area contributed by atoms with Gasteiger partial charge in [-0.1, -0.05) is 60.7 Å². The summed E-state index contributed by atoms with van der Waals surface area (Å²) in [5.74, 6) is -0.653. The van der Waals surface area contributed by atoms with Gasteiger partial charge in [-0.25, -0.2) is 9.59 Å². The van der Waals surface area contributed by atoms with Gasteiger partial charge in [0.1, 0.15) is 24.5 Å². The number of carbonyl (C=O) groups is 2. The van der Waals surface area contributed by atoms with Crippen LogP contribution < -0.4 is 10.1 Å². The Kier molecular flexibility index (Phi) is 4.82. The number of ether oxygens (including phenoxy) is 2. The van der Waals surface area contributed by atoms with E-state index in [1.807, 2.05) is 30.3 Å². The Labute approximate surface area is 179 Å². The summed E-state index contributed by atoms with van der Waals surface area (Å²) in [6.07, 6.45) is -0.0194. The summed E-state index contributed by atoms with van der Waals surface area (Å²) in [4.78, 5) is 23.8. The van der Waals surface area contributed by atoms with E-state index >= 15 is 0 Å². The predicted molar refractivity (Wildman–Crippen MR) is 115 cm³/mol. The van der Waals surface area contributed by atoms with Crippen LogP contribution >= 0.6 is 0 Å². The minimum Gasteiger partial charge on any atom is -0.490 e. The van der Waals surface area contributed by atoms with Crippen LogP contribution in [-0.2, 0) is 11.2 Å². The first-order valence-electron chi connectivity index (χ1n) is 10.2. The van der Waals surface area contributed by atoms with E-state index in [0.717, 1.165) is 16.7 Å². The fourth-order valence-corrected chi connectivity index (χ4v) is 4.49. The lowest BCUT2D eigenvalue weighted by Gasteiger charge is -2.27. The largest absolute Gasteiger partial charge is 0.490 e. The molecular weight excluding hydrogens is 394 g/mol. The number of para-hydroxylation sites is 1. The van der Waals surface area contributed by atoms with Gasteiger partial charge in [0, 0.05) is 5.92 Å². The lowest BCUT2D eigenvalue weighted by atomic mass is 9.98. The number of carbonyl (C=O) groups excluding carboxylic acids is 1. The van der Waals surface area contributed by atoms with Crippen LogP contribution in [0.5, 0.6) is 5.75 Å². The highest BCUT2D eigenvalue weighted by Crippen LogP contribution is 2.44. The Morgan fingerprint density at radius 1 is 0.968 bits per heavy atom. The molecule has 6 nitrogen and oxygen atoms in total. The zero-order valence-corrected chi connectivity index (χ0v) is 16.7. The van der Waals surface area contributed by atoms with E-state index in [-0.39, 0.29) is 30.7 Å². The number of carboxylic acid groups (broad SMARTS) is 1. The maximum absolute atomic E-state index is 12.5. The first kappa shape index (κ1) is 19.2. The van der Waals surface area contributed by atoms with E-state index in [1.165, 1.54) is 17.2 Å². The molecule has 6 heteroatoms. The molecule has 3 aromatic rings. The average Bonchev–Trinajstić information content (AvgIpc) is 3.11. The molecule has 2 aliphatic rings. The molecule has 1 aliphatic carbocycles. The van der Waals surface area contributed by atoms with E-state index in [0.29, 0.717) is 12.2 Å². The predicted octanol–water partition coefficient (Wildman–Crippen LogP) is 4.23. The molecule has 1 amide bonds. The summed E-state index contributed by atoms with van der Waals surface area (Å²) in [6, 6.07) is 21.1. The molecule has 0 saturated carbocycles. The number of aromatic carboxylic acids is 1. The summed E-state index contributed by atoms with van der Waals surface area (Å²) < 4.78 is 11.2. The van der Waals surface area contributed by atoms with Gasteiger partial charge in [0.2, 0.25) is 0 Å². The van der Waals surface area contributed by atoms with Crippen molar-refractivity contribution in [2.24, 2.45) is 0 Å². The number of fused-ring (bicyclic) bond motifs is 4. The maximum atomic E-state index is 12.5. The summed E-state index contributed by atoms with van der Waals surface area (Å²) >= 11 is 0. The molecule has 156 valence electrons. The molecule has 2 N–H and O–H groups in total. The quantitative estimate of drug-likeness (QED) is 0.666. The Morgan fingerprint density at radius 3 is 2.32 bits per heavy atom. The second-order valence-corrected chi connectivity index (χ2v) is 7.78. The van der Waals surface area contributed by atoms with Crippen molar-refractivity contribution < 1.29 is 24.2 Å². The van der Waals surface area contributed by atoms with Crippen LogP contribution in [0.15, 0.2) is 66.7 Å². The lowest BCUT2D eigenvalue weighted by molar-refractivity contribution is 0.0689. The smallest absolute Gasteiger partial charge is 0.407 e. The van der Waals surface area contributed by atoms with Crippen LogP contribution in [0.3, 0.4) is 0 Å². The molecule has 1 aliphatic heterocycles. The van der Waals surface area contributed by atoms with Gasteiger partial charge in [0.05, 0.1) is 6.04 Å². The molecule has 5 rings (SSSR count). The fourth-order valence-electron chi connectivity index (χ4n) is 4.49. The van der Waals surface area contributed by atoms with Crippen LogP contribution in [0.25, 0.3) is 11.1 Å². The second-order valence-electron chi connectivity index (χ2n) is 7.78. The molecule has 0 fully saturated rings. The standard InChI is InChI=1S/C25H21NO5/c27-24(28)21-11-5-6-15-12-16(13-30-23(15)21)26-25(29)31-14-22-19-9-3-1-7-17(19)18-8-2-4-10-20(18)22/h1-11,16,22H,12-14H2,(H,26,29)(H,27,28). The number of benzene rings is 3. The fraction of sp³-hybridized carbons (Fsp3) is 0.200. The van der Waals surface area contributed by atoms with Crippen LogP contribution in [0.2, 0.25) is 0 Å². The van der Waals surface area contributed by atoms with Crippen molar-refractivity contribution in [2.45, 2.75) is 18.4 Å². The average molecular weight is 415 g/mol. The van der Waals surface area contributed by atoms with E-state index in [1.54, 1.807) is 6.07 Å². The first-order valence-corrected chi connectivity index (χ1v) is 10.2. The number of nitrogens with one attached hydrogen (secondary N) is 1. The van der Waals surface area contributed by atoms with Gasteiger partial charge in [0.15, 0.2) is 0 Å². The van der Waals surface area contributed by atoms with Crippen molar-refractivity contribution in [2.75, 3.05) is 13.2 Å². The van der Waals surface area contributed by atoms with Crippen molar-refractivity contribution in [1.29, 1.82) is 0 Å². The van der Waals surface area contributed by atoms with E-state index in [2.05, 4.69) is 29.6 Å². The van der Waals surface area contributed by atoms with E-state index in [4.69, 9.17) is 9.47 Å². The SMILES string of the molecule is O=C(NC1COc2c(cccc2C(=O)O)C1)OCC1c2ccccc2-c2ccccc21. The third-order valence-corrected chi connectivity index (χ3v) is 5.89. The Balaban J connectivity index is 1.25. The topological polar surface area (TPSA) is 84.9 Å². The highest BCUT2D eigenvalue weighted by Gasteiger charge is 2.30. The number of alkyl carbamates (subject to hydrolysis) is 1. The van der Waals surface area contributed by atoms with Gasteiger partial charge in [-0.2, -0.15) is 0 Å². The van der Waals surface area contributed by atoms with Crippen LogP contribution in [-0.4, -0.2) is 36.4 Å². The van der Waals surface area contributed by atoms with E-state index < -0.39 is 12.1 Å². The highest BCUT2D eigenvalue weighted by molar-refractivity contribution is 5.91. The molecule has 0 spiro atoms. The van der Waals surface area contributed by atoms with Gasteiger partial charge >= 0.3 is 12.1 Å². The maximum Gasteiger partial charge on any atom is 0.407 e. The molecule has 0 bridgehead atoms. The highest BCUT2D eigenvalue weighted by atomic mass is 16.5. The summed E-state index contributed by atoms with van der Waals surface area (Å²) in [5.41, 5.74) is 5.57. The molecule has 1 unspecified atom stereocenters. The minimum atomic E-state index is -1.03. The Morgan fingerprint density at radius 2 is 1.65 bits per heavy atom. The number of hydrogen-bond acceptors (Lipinski definition) is 4. The first-order chi connectivity index (χ1) is 15.1. The third kappa shape index (κ3) is 3.50. The Bertz CT molecular complexity index is 1130. The number of rotatable bonds is 4. The molecule has 3 aromatic carbocycles. The molecule has 1 heterocycles. The van der Waals surface area contributed by atoms with Crippen molar-refractivity contribution in [3.8, 4) is 16.9 Å². The molecule has 1 atom stereocenters. The molecule has 0 aromatic heterocycles.